The van der Waals surface area contributed by atoms with Crippen molar-refractivity contribution in [3.63, 3.8) is 0 Å². The van der Waals surface area contributed by atoms with Gasteiger partial charge in [-0.2, -0.15) is 0 Å². The van der Waals surface area contributed by atoms with E-state index in [-0.39, 0.29) is 5.97 Å². The van der Waals surface area contributed by atoms with Gasteiger partial charge in [-0.05, 0) is 31.5 Å². The van der Waals surface area contributed by atoms with Gasteiger partial charge in [0.05, 0.1) is 18.3 Å². The molecule has 0 aromatic heterocycles. The van der Waals surface area contributed by atoms with Crippen LogP contribution >= 0.6 is 0 Å². The molecule has 0 radical (unpaired) electrons. The number of carbonyl (C=O) groups excluding carboxylic acids is 1. The summed E-state index contributed by atoms with van der Waals surface area (Å²) >= 11 is 0. The lowest BCUT2D eigenvalue weighted by Gasteiger charge is -2.05. The molecule has 0 heterocycles. The number of ether oxygens (including phenoxy) is 1. The van der Waals surface area contributed by atoms with Crippen LogP contribution in [-0.4, -0.2) is 17.7 Å². The molecular weight excluding hydrogens is 180 g/mol. The Bertz CT molecular complexity index is 301. The SMILES string of the molecule is CCOC(=O)c1ccc([C@@H](C)O)cc1. The van der Waals surface area contributed by atoms with Crippen LogP contribution in [0.5, 0.6) is 0 Å². The van der Waals surface area contributed by atoms with Crippen LogP contribution in [0.4, 0.5) is 0 Å². The largest absolute Gasteiger partial charge is 0.462 e. The summed E-state index contributed by atoms with van der Waals surface area (Å²) in [5.74, 6) is -0.329. The van der Waals surface area contributed by atoms with E-state index in [0.717, 1.165) is 5.56 Å². The van der Waals surface area contributed by atoms with Crippen molar-refractivity contribution in [3.05, 3.63) is 35.4 Å². The number of aliphatic hydroxyl groups excluding tert-OH is 1. The maximum absolute atomic E-state index is 11.2. The summed E-state index contributed by atoms with van der Waals surface area (Å²) in [4.78, 5) is 11.2. The van der Waals surface area contributed by atoms with Gasteiger partial charge in [0.2, 0.25) is 0 Å². The standard InChI is InChI=1S/C11H14O3/c1-3-14-11(13)10-6-4-9(5-7-10)8(2)12/h4-8,12H,3H2,1-2H3/t8-/m1/s1. The summed E-state index contributed by atoms with van der Waals surface area (Å²) in [5.41, 5.74) is 1.30. The number of benzene rings is 1. The van der Waals surface area contributed by atoms with Crippen molar-refractivity contribution in [2.45, 2.75) is 20.0 Å². The van der Waals surface area contributed by atoms with Crippen LogP contribution in [0.1, 0.15) is 35.9 Å². The van der Waals surface area contributed by atoms with Gasteiger partial charge >= 0.3 is 5.97 Å². The second-order valence-corrected chi connectivity index (χ2v) is 3.02. The Hall–Kier alpha value is -1.35. The zero-order chi connectivity index (χ0) is 10.6. The van der Waals surface area contributed by atoms with Gasteiger partial charge in [0.25, 0.3) is 0 Å². The first-order valence-corrected chi connectivity index (χ1v) is 4.60. The van der Waals surface area contributed by atoms with Crippen molar-refractivity contribution in [2.75, 3.05) is 6.61 Å². The van der Waals surface area contributed by atoms with Gasteiger partial charge in [-0.25, -0.2) is 4.79 Å². The van der Waals surface area contributed by atoms with Gasteiger partial charge in [0.1, 0.15) is 0 Å². The highest BCUT2D eigenvalue weighted by molar-refractivity contribution is 5.89. The molecule has 0 bridgehead atoms. The molecule has 0 fully saturated rings. The molecule has 1 aromatic carbocycles. The third-order valence-electron chi connectivity index (χ3n) is 1.90. The molecule has 3 heteroatoms. The van der Waals surface area contributed by atoms with Gasteiger partial charge in [0, 0.05) is 0 Å². The highest BCUT2D eigenvalue weighted by atomic mass is 16.5. The Morgan fingerprint density at radius 2 is 2.00 bits per heavy atom. The minimum absolute atomic E-state index is 0.329. The topological polar surface area (TPSA) is 46.5 Å². The molecule has 1 rings (SSSR count). The molecule has 0 unspecified atom stereocenters. The zero-order valence-corrected chi connectivity index (χ0v) is 8.36. The Balaban J connectivity index is 2.78. The van der Waals surface area contributed by atoms with E-state index in [1.54, 1.807) is 38.1 Å². The fraction of sp³-hybridized carbons (Fsp3) is 0.364. The second-order valence-electron chi connectivity index (χ2n) is 3.02. The molecule has 1 N–H and O–H groups in total. The first-order chi connectivity index (χ1) is 6.65. The van der Waals surface area contributed by atoms with Crippen molar-refractivity contribution in [1.29, 1.82) is 0 Å². The molecule has 0 aliphatic heterocycles. The molecular formula is C11H14O3. The van der Waals surface area contributed by atoms with Gasteiger partial charge in [0.15, 0.2) is 0 Å². The summed E-state index contributed by atoms with van der Waals surface area (Å²) < 4.78 is 4.83. The second kappa shape index (κ2) is 4.77. The summed E-state index contributed by atoms with van der Waals surface area (Å²) in [5, 5.41) is 9.24. The van der Waals surface area contributed by atoms with E-state index in [0.29, 0.717) is 12.2 Å². The average Bonchev–Trinajstić information content (AvgIpc) is 2.18. The van der Waals surface area contributed by atoms with Gasteiger partial charge in [-0.15, -0.1) is 0 Å². The van der Waals surface area contributed by atoms with Crippen molar-refractivity contribution in [1.82, 2.24) is 0 Å². The molecule has 1 atom stereocenters. The third-order valence-corrected chi connectivity index (χ3v) is 1.90. The molecule has 0 saturated carbocycles. The summed E-state index contributed by atoms with van der Waals surface area (Å²) in [6.07, 6.45) is -0.508. The Kier molecular flexibility index (Phi) is 3.65. The molecule has 0 saturated heterocycles. The summed E-state index contributed by atoms with van der Waals surface area (Å²) in [6.45, 7) is 3.82. The van der Waals surface area contributed by atoms with E-state index in [9.17, 15) is 9.90 Å². The Morgan fingerprint density at radius 3 is 2.43 bits per heavy atom. The number of hydrogen-bond donors (Lipinski definition) is 1. The van der Waals surface area contributed by atoms with Crippen molar-refractivity contribution < 1.29 is 14.6 Å². The van der Waals surface area contributed by atoms with Crippen LogP contribution < -0.4 is 0 Å². The molecule has 3 nitrogen and oxygen atoms in total. The van der Waals surface area contributed by atoms with E-state index >= 15 is 0 Å². The number of esters is 1. The predicted molar refractivity (Wildman–Crippen MR) is 53.0 cm³/mol. The fourth-order valence-corrected chi connectivity index (χ4v) is 1.11. The molecule has 0 amide bonds. The van der Waals surface area contributed by atoms with E-state index in [4.69, 9.17) is 4.74 Å². The van der Waals surface area contributed by atoms with Crippen molar-refractivity contribution in [3.8, 4) is 0 Å². The van der Waals surface area contributed by atoms with Crippen LogP contribution in [-0.2, 0) is 4.74 Å². The summed E-state index contributed by atoms with van der Waals surface area (Å²) in [7, 11) is 0. The first-order valence-electron chi connectivity index (χ1n) is 4.60. The lowest BCUT2D eigenvalue weighted by atomic mass is 10.1. The smallest absolute Gasteiger partial charge is 0.338 e. The highest BCUT2D eigenvalue weighted by Crippen LogP contribution is 2.13. The van der Waals surface area contributed by atoms with Crippen LogP contribution in [0, 0.1) is 0 Å². The van der Waals surface area contributed by atoms with Crippen LogP contribution in [0.25, 0.3) is 0 Å². The molecule has 0 spiro atoms. The van der Waals surface area contributed by atoms with Crippen molar-refractivity contribution >= 4 is 5.97 Å². The van der Waals surface area contributed by atoms with E-state index in [1.165, 1.54) is 0 Å². The number of carbonyl (C=O) groups is 1. The first kappa shape index (κ1) is 10.7. The maximum Gasteiger partial charge on any atom is 0.338 e. The normalized spacial score (nSPS) is 12.2. The number of rotatable bonds is 3. The van der Waals surface area contributed by atoms with Gasteiger partial charge in [-0.1, -0.05) is 12.1 Å². The Labute approximate surface area is 83.3 Å². The van der Waals surface area contributed by atoms with E-state index in [2.05, 4.69) is 0 Å². The van der Waals surface area contributed by atoms with Gasteiger partial charge in [-0.3, -0.25) is 0 Å². The minimum atomic E-state index is -0.508. The van der Waals surface area contributed by atoms with Gasteiger partial charge < -0.3 is 9.84 Å². The fourth-order valence-electron chi connectivity index (χ4n) is 1.11. The van der Waals surface area contributed by atoms with Crippen LogP contribution in [0.15, 0.2) is 24.3 Å². The molecule has 14 heavy (non-hydrogen) atoms. The van der Waals surface area contributed by atoms with Crippen LogP contribution in [0.3, 0.4) is 0 Å². The summed E-state index contributed by atoms with van der Waals surface area (Å²) in [6, 6.07) is 6.74. The van der Waals surface area contributed by atoms with E-state index < -0.39 is 6.10 Å². The lowest BCUT2D eigenvalue weighted by molar-refractivity contribution is 0.0526. The number of hydrogen-bond acceptors (Lipinski definition) is 3. The Morgan fingerprint density at radius 1 is 1.43 bits per heavy atom. The lowest BCUT2D eigenvalue weighted by Crippen LogP contribution is -2.04. The number of aliphatic hydroxyl groups is 1. The zero-order valence-electron chi connectivity index (χ0n) is 8.36. The molecule has 0 aliphatic rings. The van der Waals surface area contributed by atoms with Crippen molar-refractivity contribution in [2.24, 2.45) is 0 Å². The predicted octanol–water partition coefficient (Wildman–Crippen LogP) is 1.92. The highest BCUT2D eigenvalue weighted by Gasteiger charge is 2.06. The monoisotopic (exact) mass is 194 g/mol. The van der Waals surface area contributed by atoms with E-state index in [1.807, 2.05) is 0 Å². The molecule has 1 aromatic rings. The quantitative estimate of drug-likeness (QED) is 0.748. The molecule has 0 aliphatic carbocycles. The average molecular weight is 194 g/mol. The molecule has 76 valence electrons. The minimum Gasteiger partial charge on any atom is -0.462 e. The van der Waals surface area contributed by atoms with Crippen LogP contribution in [0.2, 0.25) is 0 Å². The maximum atomic E-state index is 11.2. The third kappa shape index (κ3) is 2.57.